The number of methoxy groups -OCH3 is 1. The van der Waals surface area contributed by atoms with E-state index in [0.29, 0.717) is 30.3 Å². The Morgan fingerprint density at radius 2 is 1.94 bits per heavy atom. The highest BCUT2D eigenvalue weighted by molar-refractivity contribution is 6.31. The van der Waals surface area contributed by atoms with Crippen molar-refractivity contribution in [3.63, 3.8) is 0 Å². The lowest BCUT2D eigenvalue weighted by Crippen LogP contribution is -2.40. The second-order valence-corrected chi connectivity index (χ2v) is 8.95. The SMILES string of the molecule is COc1cccc(N2CC(C)Cn3c2nc2c3c(=O)n(Cc3c(F)cccc3Cl)c(=O)n2C)c1. The van der Waals surface area contributed by atoms with Gasteiger partial charge in [-0.25, -0.2) is 9.18 Å². The molecule has 0 fully saturated rings. The van der Waals surface area contributed by atoms with Crippen LogP contribution in [0.5, 0.6) is 5.75 Å². The Kier molecular flexibility index (Phi) is 5.44. The van der Waals surface area contributed by atoms with E-state index in [2.05, 4.69) is 6.92 Å². The van der Waals surface area contributed by atoms with Crippen molar-refractivity contribution in [1.29, 1.82) is 0 Å². The minimum absolute atomic E-state index is 0.0903. The van der Waals surface area contributed by atoms with E-state index in [9.17, 15) is 14.0 Å². The summed E-state index contributed by atoms with van der Waals surface area (Å²) in [5.74, 6) is 0.891. The fraction of sp³-hybridized carbons (Fsp3) is 0.292. The summed E-state index contributed by atoms with van der Waals surface area (Å²) in [6, 6.07) is 11.9. The number of ether oxygens (including phenoxy) is 1. The Balaban J connectivity index is 1.73. The van der Waals surface area contributed by atoms with Crippen LogP contribution in [-0.4, -0.2) is 32.3 Å². The number of aryl methyl sites for hydroxylation is 1. The first kappa shape index (κ1) is 22.2. The van der Waals surface area contributed by atoms with Crippen molar-refractivity contribution in [3.05, 3.63) is 79.7 Å². The molecule has 0 amide bonds. The summed E-state index contributed by atoms with van der Waals surface area (Å²) in [5, 5.41) is 0.155. The van der Waals surface area contributed by atoms with Crippen LogP contribution in [0.4, 0.5) is 16.0 Å². The minimum atomic E-state index is -0.590. The van der Waals surface area contributed by atoms with Crippen molar-refractivity contribution < 1.29 is 9.13 Å². The number of anilines is 2. The average molecular weight is 484 g/mol. The number of hydrogen-bond acceptors (Lipinski definition) is 5. The van der Waals surface area contributed by atoms with E-state index in [-0.39, 0.29) is 28.7 Å². The molecule has 0 bridgehead atoms. The van der Waals surface area contributed by atoms with E-state index in [1.54, 1.807) is 14.2 Å². The standard InChI is InChI=1S/C24H23ClFN5O3/c1-14-11-29(15-6-4-7-16(10-15)34-3)23-27-21-20(30(23)12-14)22(32)31(24(33)28(21)2)13-17-18(25)8-5-9-19(17)26/h4-10,14H,11-13H2,1-3H3. The lowest BCUT2D eigenvalue weighted by molar-refractivity contribution is 0.414. The quantitative estimate of drug-likeness (QED) is 0.444. The number of aromatic nitrogens is 4. The average Bonchev–Trinajstić information content (AvgIpc) is 3.21. The molecule has 0 aliphatic carbocycles. The van der Waals surface area contributed by atoms with Gasteiger partial charge >= 0.3 is 5.69 Å². The zero-order valence-corrected chi connectivity index (χ0v) is 19.7. The molecule has 1 atom stereocenters. The van der Waals surface area contributed by atoms with Gasteiger partial charge in [0.2, 0.25) is 5.95 Å². The Hall–Kier alpha value is -3.59. The van der Waals surface area contributed by atoms with Gasteiger partial charge in [-0.05, 0) is 30.2 Å². The van der Waals surface area contributed by atoms with E-state index in [1.165, 1.54) is 22.8 Å². The molecule has 0 N–H and O–H groups in total. The van der Waals surface area contributed by atoms with Gasteiger partial charge in [0.1, 0.15) is 11.6 Å². The van der Waals surface area contributed by atoms with Crippen LogP contribution in [0.25, 0.3) is 11.2 Å². The van der Waals surface area contributed by atoms with Gasteiger partial charge < -0.3 is 14.2 Å². The lowest BCUT2D eigenvalue weighted by atomic mass is 10.1. The molecule has 8 nitrogen and oxygen atoms in total. The number of imidazole rings is 1. The first-order chi connectivity index (χ1) is 16.3. The third-order valence-corrected chi connectivity index (χ3v) is 6.54. The van der Waals surface area contributed by atoms with Gasteiger partial charge in [0.15, 0.2) is 11.2 Å². The zero-order chi connectivity index (χ0) is 24.1. The molecule has 0 radical (unpaired) electrons. The molecule has 1 unspecified atom stereocenters. The van der Waals surface area contributed by atoms with Crippen LogP contribution in [0, 0.1) is 11.7 Å². The maximum Gasteiger partial charge on any atom is 0.332 e. The van der Waals surface area contributed by atoms with Crippen LogP contribution in [0.1, 0.15) is 12.5 Å². The number of benzene rings is 2. The number of halogens is 2. The van der Waals surface area contributed by atoms with Gasteiger partial charge in [0, 0.05) is 42.5 Å². The largest absolute Gasteiger partial charge is 0.497 e. The summed E-state index contributed by atoms with van der Waals surface area (Å²) >= 11 is 6.17. The van der Waals surface area contributed by atoms with Crippen molar-refractivity contribution in [1.82, 2.24) is 18.7 Å². The molecule has 4 aromatic rings. The Morgan fingerprint density at radius 3 is 2.68 bits per heavy atom. The molecule has 2 aromatic heterocycles. The van der Waals surface area contributed by atoms with Crippen LogP contribution in [0.3, 0.4) is 0 Å². The van der Waals surface area contributed by atoms with Gasteiger partial charge in [-0.3, -0.25) is 13.9 Å². The third kappa shape index (κ3) is 3.47. The van der Waals surface area contributed by atoms with Crippen molar-refractivity contribution >= 4 is 34.4 Å². The number of rotatable bonds is 4. The second-order valence-electron chi connectivity index (χ2n) is 8.54. The van der Waals surface area contributed by atoms with Gasteiger partial charge in [-0.1, -0.05) is 30.7 Å². The minimum Gasteiger partial charge on any atom is -0.497 e. The van der Waals surface area contributed by atoms with E-state index in [4.69, 9.17) is 21.3 Å². The Bertz CT molecular complexity index is 1520. The molecular weight excluding hydrogens is 461 g/mol. The van der Waals surface area contributed by atoms with E-state index in [1.807, 2.05) is 33.7 Å². The lowest BCUT2D eigenvalue weighted by Gasteiger charge is -2.33. The molecule has 2 aromatic carbocycles. The molecular formula is C24H23ClFN5O3. The molecule has 3 heterocycles. The smallest absolute Gasteiger partial charge is 0.332 e. The molecule has 176 valence electrons. The maximum atomic E-state index is 14.4. The van der Waals surface area contributed by atoms with E-state index < -0.39 is 17.1 Å². The molecule has 10 heteroatoms. The summed E-state index contributed by atoms with van der Waals surface area (Å²) in [4.78, 5) is 33.4. The molecule has 1 aliphatic rings. The predicted molar refractivity (Wildman–Crippen MR) is 129 cm³/mol. The van der Waals surface area contributed by atoms with Crippen LogP contribution in [0.2, 0.25) is 5.02 Å². The summed E-state index contributed by atoms with van der Waals surface area (Å²) < 4.78 is 24.0. The fourth-order valence-electron chi connectivity index (χ4n) is 4.48. The van der Waals surface area contributed by atoms with Crippen molar-refractivity contribution in [3.8, 4) is 5.75 Å². The van der Waals surface area contributed by atoms with Crippen molar-refractivity contribution in [2.45, 2.75) is 20.0 Å². The fourth-order valence-corrected chi connectivity index (χ4v) is 4.70. The second kappa shape index (κ2) is 8.32. The van der Waals surface area contributed by atoms with Crippen LogP contribution < -0.4 is 20.9 Å². The normalized spacial score (nSPS) is 15.6. The first-order valence-corrected chi connectivity index (χ1v) is 11.2. The molecule has 5 rings (SSSR count). The van der Waals surface area contributed by atoms with Gasteiger partial charge in [0.05, 0.1) is 13.7 Å². The number of hydrogen-bond donors (Lipinski definition) is 0. The predicted octanol–water partition coefficient (Wildman–Crippen LogP) is 3.53. The summed E-state index contributed by atoms with van der Waals surface area (Å²) in [6.45, 7) is 3.05. The van der Waals surface area contributed by atoms with E-state index in [0.717, 1.165) is 10.3 Å². The number of fused-ring (bicyclic) bond motifs is 3. The van der Waals surface area contributed by atoms with Crippen molar-refractivity contribution in [2.75, 3.05) is 18.6 Å². The molecule has 34 heavy (non-hydrogen) atoms. The topological polar surface area (TPSA) is 74.3 Å². The molecule has 0 saturated heterocycles. The Labute approximate surface area is 199 Å². The van der Waals surface area contributed by atoms with Gasteiger partial charge in [-0.15, -0.1) is 0 Å². The van der Waals surface area contributed by atoms with Crippen LogP contribution in [-0.2, 0) is 20.1 Å². The highest BCUT2D eigenvalue weighted by atomic mass is 35.5. The highest BCUT2D eigenvalue weighted by Gasteiger charge is 2.30. The summed E-state index contributed by atoms with van der Waals surface area (Å²) in [5.41, 5.74) is 0.411. The first-order valence-electron chi connectivity index (χ1n) is 10.8. The summed E-state index contributed by atoms with van der Waals surface area (Å²) in [7, 11) is 3.16. The van der Waals surface area contributed by atoms with Crippen molar-refractivity contribution in [2.24, 2.45) is 13.0 Å². The third-order valence-electron chi connectivity index (χ3n) is 6.19. The molecule has 1 aliphatic heterocycles. The zero-order valence-electron chi connectivity index (χ0n) is 19.0. The number of nitrogens with zero attached hydrogens (tertiary/aromatic N) is 5. The maximum absolute atomic E-state index is 14.4. The highest BCUT2D eigenvalue weighted by Crippen LogP contribution is 2.34. The van der Waals surface area contributed by atoms with Crippen LogP contribution >= 0.6 is 11.6 Å². The van der Waals surface area contributed by atoms with Crippen LogP contribution in [0.15, 0.2) is 52.1 Å². The molecule has 0 spiro atoms. The molecule has 0 saturated carbocycles. The van der Waals surface area contributed by atoms with Gasteiger partial charge in [0.25, 0.3) is 5.56 Å². The van der Waals surface area contributed by atoms with E-state index >= 15 is 0 Å². The monoisotopic (exact) mass is 483 g/mol. The van der Waals surface area contributed by atoms with Gasteiger partial charge in [-0.2, -0.15) is 4.98 Å². The Morgan fingerprint density at radius 1 is 1.18 bits per heavy atom. The summed E-state index contributed by atoms with van der Waals surface area (Å²) in [6.07, 6.45) is 0.